The van der Waals surface area contributed by atoms with Crippen LogP contribution >= 0.6 is 15.9 Å². The van der Waals surface area contributed by atoms with Crippen LogP contribution in [0.1, 0.15) is 17.3 Å². The normalized spacial score (nSPS) is 10.4. The van der Waals surface area contributed by atoms with Crippen LogP contribution in [0.3, 0.4) is 0 Å². The summed E-state index contributed by atoms with van der Waals surface area (Å²) in [6.07, 6.45) is -0.407. The van der Waals surface area contributed by atoms with E-state index in [4.69, 9.17) is 5.73 Å². The number of primary amides is 1. The van der Waals surface area contributed by atoms with Crippen LogP contribution < -0.4 is 16.6 Å². The van der Waals surface area contributed by atoms with Crippen molar-refractivity contribution in [3.63, 3.8) is 0 Å². The Morgan fingerprint density at radius 2 is 2.04 bits per heavy atom. The Morgan fingerprint density at radius 3 is 2.60 bits per heavy atom. The number of aromatic nitrogens is 1. The minimum absolute atomic E-state index is 0.0551. The van der Waals surface area contributed by atoms with Crippen molar-refractivity contribution >= 4 is 39.4 Å². The molecular formula is C15H12BrF2N3O4. The number of amides is 1. The van der Waals surface area contributed by atoms with Crippen molar-refractivity contribution in [2.45, 2.75) is 13.5 Å². The summed E-state index contributed by atoms with van der Waals surface area (Å²) in [5.74, 6) is -3.38. The SMILES string of the molecule is CCn1cc(C(=O)OC(N)=O)c(Nc2ccc(Br)cc2F)c(F)c1=O. The molecule has 1 amide bonds. The van der Waals surface area contributed by atoms with Crippen molar-refractivity contribution in [2.24, 2.45) is 5.73 Å². The Morgan fingerprint density at radius 1 is 1.36 bits per heavy atom. The second-order valence-electron chi connectivity index (χ2n) is 4.78. The average molecular weight is 416 g/mol. The van der Waals surface area contributed by atoms with Crippen LogP contribution in [0.25, 0.3) is 0 Å². The Balaban J connectivity index is 2.61. The average Bonchev–Trinajstić information content (AvgIpc) is 2.53. The zero-order valence-corrected chi connectivity index (χ0v) is 14.4. The van der Waals surface area contributed by atoms with Gasteiger partial charge in [0, 0.05) is 17.2 Å². The number of anilines is 2. The van der Waals surface area contributed by atoms with Gasteiger partial charge in [-0.1, -0.05) is 15.9 Å². The molecule has 0 saturated carbocycles. The summed E-state index contributed by atoms with van der Waals surface area (Å²) in [7, 11) is 0. The summed E-state index contributed by atoms with van der Waals surface area (Å²) < 4.78 is 34.0. The van der Waals surface area contributed by atoms with Gasteiger partial charge in [0.15, 0.2) is 0 Å². The van der Waals surface area contributed by atoms with E-state index in [0.717, 1.165) is 16.8 Å². The molecule has 25 heavy (non-hydrogen) atoms. The monoisotopic (exact) mass is 415 g/mol. The van der Waals surface area contributed by atoms with Gasteiger partial charge in [0.05, 0.1) is 11.4 Å². The van der Waals surface area contributed by atoms with E-state index in [9.17, 15) is 23.2 Å². The molecule has 1 aromatic carbocycles. The quantitative estimate of drug-likeness (QED) is 0.590. The van der Waals surface area contributed by atoms with Crippen LogP contribution in [0.4, 0.5) is 25.0 Å². The molecule has 0 aliphatic rings. The third-order valence-corrected chi connectivity index (χ3v) is 3.66. The predicted octanol–water partition coefficient (Wildman–Crippen LogP) is 2.89. The molecule has 0 aliphatic carbocycles. The van der Waals surface area contributed by atoms with E-state index in [2.05, 4.69) is 26.0 Å². The molecule has 0 spiro atoms. The van der Waals surface area contributed by atoms with Crippen LogP contribution in [-0.2, 0) is 11.3 Å². The molecular weight excluding hydrogens is 404 g/mol. The minimum atomic E-state index is -1.40. The van der Waals surface area contributed by atoms with E-state index in [0.29, 0.717) is 4.47 Å². The molecule has 0 aliphatic heterocycles. The number of nitrogens with zero attached hydrogens (tertiary/aromatic N) is 1. The molecule has 10 heteroatoms. The largest absolute Gasteiger partial charge is 0.412 e. The Bertz CT molecular complexity index is 914. The van der Waals surface area contributed by atoms with Crippen molar-refractivity contribution < 1.29 is 23.1 Å². The molecule has 2 rings (SSSR count). The van der Waals surface area contributed by atoms with Crippen LogP contribution in [0.15, 0.2) is 33.7 Å². The summed E-state index contributed by atoms with van der Waals surface area (Å²) >= 11 is 3.07. The number of esters is 1. The first-order valence-corrected chi connectivity index (χ1v) is 7.70. The summed E-state index contributed by atoms with van der Waals surface area (Å²) in [5.41, 5.74) is 2.45. The second kappa shape index (κ2) is 7.43. The number of benzene rings is 1. The highest BCUT2D eigenvalue weighted by Crippen LogP contribution is 2.27. The van der Waals surface area contributed by atoms with Crippen molar-refractivity contribution in [2.75, 3.05) is 5.32 Å². The third-order valence-electron chi connectivity index (χ3n) is 3.17. The number of hydrogen-bond acceptors (Lipinski definition) is 5. The number of nitrogens with one attached hydrogen (secondary N) is 1. The van der Waals surface area contributed by atoms with E-state index < -0.39 is 40.5 Å². The number of hydrogen-bond donors (Lipinski definition) is 2. The summed E-state index contributed by atoms with van der Waals surface area (Å²) in [4.78, 5) is 34.7. The zero-order valence-electron chi connectivity index (χ0n) is 12.8. The van der Waals surface area contributed by atoms with E-state index in [1.165, 1.54) is 12.1 Å². The van der Waals surface area contributed by atoms with Crippen LogP contribution in [0.5, 0.6) is 0 Å². The summed E-state index contributed by atoms with van der Waals surface area (Å²) in [5, 5.41) is 2.35. The lowest BCUT2D eigenvalue weighted by Crippen LogP contribution is -2.27. The first kappa shape index (κ1) is 18.6. The summed E-state index contributed by atoms with van der Waals surface area (Å²) in [6, 6.07) is 3.85. The fraction of sp³-hybridized carbons (Fsp3) is 0.133. The Kier molecular flexibility index (Phi) is 5.52. The number of pyridine rings is 1. The molecule has 0 unspecified atom stereocenters. The first-order valence-electron chi connectivity index (χ1n) is 6.91. The molecule has 0 fully saturated rings. The standard InChI is InChI=1S/C15H12BrF2N3O4/c1-2-21-6-8(14(23)25-15(19)24)12(11(18)13(21)22)20-10-4-3-7(16)5-9(10)17/h3-6,20H,2H2,1H3,(H2,19,24). The number of ether oxygens (including phenoxy) is 1. The molecule has 1 heterocycles. The van der Waals surface area contributed by atoms with Gasteiger partial charge in [0.1, 0.15) is 11.4 Å². The number of aryl methyl sites for hydroxylation is 1. The first-order chi connectivity index (χ1) is 11.7. The molecule has 3 N–H and O–H groups in total. The fourth-order valence-electron chi connectivity index (χ4n) is 2.01. The lowest BCUT2D eigenvalue weighted by molar-refractivity contribution is 0.0638. The Hall–Kier alpha value is -2.75. The number of halogens is 3. The van der Waals surface area contributed by atoms with E-state index in [-0.39, 0.29) is 12.2 Å². The maximum atomic E-state index is 14.5. The second-order valence-corrected chi connectivity index (χ2v) is 5.70. The molecule has 132 valence electrons. The van der Waals surface area contributed by atoms with E-state index in [1.54, 1.807) is 6.92 Å². The number of carbonyl (C=O) groups excluding carboxylic acids is 2. The van der Waals surface area contributed by atoms with Crippen molar-refractivity contribution in [3.8, 4) is 0 Å². The third kappa shape index (κ3) is 4.02. The molecule has 0 radical (unpaired) electrons. The Labute approximate surface area is 148 Å². The highest BCUT2D eigenvalue weighted by Gasteiger charge is 2.23. The van der Waals surface area contributed by atoms with Crippen LogP contribution in [0.2, 0.25) is 0 Å². The van der Waals surface area contributed by atoms with E-state index in [1.807, 2.05) is 0 Å². The molecule has 0 atom stereocenters. The van der Waals surface area contributed by atoms with Gasteiger partial charge in [0.25, 0.3) is 5.56 Å². The van der Waals surface area contributed by atoms with Crippen LogP contribution in [-0.4, -0.2) is 16.6 Å². The molecule has 7 nitrogen and oxygen atoms in total. The number of carbonyl (C=O) groups is 2. The molecule has 0 saturated heterocycles. The van der Waals surface area contributed by atoms with Crippen molar-refractivity contribution in [1.29, 1.82) is 0 Å². The van der Waals surface area contributed by atoms with Crippen molar-refractivity contribution in [3.05, 3.63) is 56.4 Å². The van der Waals surface area contributed by atoms with Crippen LogP contribution in [0, 0.1) is 11.6 Å². The fourth-order valence-corrected chi connectivity index (χ4v) is 2.35. The van der Waals surface area contributed by atoms with E-state index >= 15 is 0 Å². The van der Waals surface area contributed by atoms with Gasteiger partial charge in [-0.05, 0) is 25.1 Å². The molecule has 2 aromatic rings. The van der Waals surface area contributed by atoms with Crippen molar-refractivity contribution in [1.82, 2.24) is 4.57 Å². The van der Waals surface area contributed by atoms with Gasteiger partial charge < -0.3 is 20.4 Å². The van der Waals surface area contributed by atoms with Gasteiger partial charge in [-0.25, -0.2) is 14.0 Å². The maximum absolute atomic E-state index is 14.5. The molecule has 0 bridgehead atoms. The maximum Gasteiger partial charge on any atom is 0.412 e. The van der Waals surface area contributed by atoms with Gasteiger partial charge >= 0.3 is 12.1 Å². The van der Waals surface area contributed by atoms with Gasteiger partial charge in [-0.3, -0.25) is 4.79 Å². The topological polar surface area (TPSA) is 103 Å². The predicted molar refractivity (Wildman–Crippen MR) is 88.7 cm³/mol. The lowest BCUT2D eigenvalue weighted by atomic mass is 10.2. The minimum Gasteiger partial charge on any atom is -0.373 e. The highest BCUT2D eigenvalue weighted by molar-refractivity contribution is 9.10. The van der Waals surface area contributed by atoms with Gasteiger partial charge in [-0.2, -0.15) is 4.39 Å². The highest BCUT2D eigenvalue weighted by atomic mass is 79.9. The molecule has 1 aromatic heterocycles. The number of nitrogens with two attached hydrogens (primary N) is 1. The summed E-state index contributed by atoms with van der Waals surface area (Å²) in [6.45, 7) is 1.60. The number of rotatable bonds is 4. The lowest BCUT2D eigenvalue weighted by Gasteiger charge is -2.14. The smallest absolute Gasteiger partial charge is 0.373 e. The van der Waals surface area contributed by atoms with Gasteiger partial charge in [-0.15, -0.1) is 0 Å². The zero-order chi connectivity index (χ0) is 18.7. The van der Waals surface area contributed by atoms with Gasteiger partial charge in [0.2, 0.25) is 5.82 Å².